The van der Waals surface area contributed by atoms with Gasteiger partial charge in [-0.25, -0.2) is 0 Å². The van der Waals surface area contributed by atoms with Crippen LogP contribution in [0.15, 0.2) is 54.1 Å². The molecule has 0 bridgehead atoms. The molecule has 143 valence electrons. The zero-order valence-electron chi connectivity index (χ0n) is 17.1. The monoisotopic (exact) mass is 501 g/mol. The third-order valence-corrected chi connectivity index (χ3v) is 6.77. The van der Waals surface area contributed by atoms with Crippen LogP contribution in [0.4, 0.5) is 0 Å². The first-order chi connectivity index (χ1) is 11.9. The maximum absolute atomic E-state index is 3.72. The van der Waals surface area contributed by atoms with E-state index in [9.17, 15) is 0 Å². The molecule has 0 N–H and O–H groups in total. The van der Waals surface area contributed by atoms with E-state index < -0.39 is 8.41 Å². The van der Waals surface area contributed by atoms with E-state index >= 15 is 0 Å². The fourth-order valence-electron chi connectivity index (χ4n) is 3.89. The van der Waals surface area contributed by atoms with E-state index in [1.54, 1.807) is 4.81 Å². The number of hydrogen-bond acceptors (Lipinski definition) is 0. The molecule has 0 fully saturated rings. The Kier molecular flexibility index (Phi) is 8.67. The van der Waals surface area contributed by atoms with Crippen molar-refractivity contribution in [3.63, 3.8) is 0 Å². The summed E-state index contributed by atoms with van der Waals surface area (Å²) < 4.78 is 0. The molecule has 4 rings (SSSR count). The minimum Gasteiger partial charge on any atom is -1.00 e. The molecule has 0 spiro atoms. The molecular weight excluding hydrogens is 478 g/mol. The summed E-state index contributed by atoms with van der Waals surface area (Å²) in [5.74, 6) is 0. The van der Waals surface area contributed by atoms with E-state index in [1.165, 1.54) is 37.9 Å². The van der Waals surface area contributed by atoms with Crippen LogP contribution in [0, 0.1) is 20.7 Å². The van der Waals surface area contributed by atoms with Crippen LogP contribution in [-0.2, 0) is 26.2 Å². The Morgan fingerprint density at radius 3 is 2.21 bits per heavy atom. The van der Waals surface area contributed by atoms with Crippen molar-refractivity contribution < 1.29 is 51.0 Å². The zero-order chi connectivity index (χ0) is 17.8. The fraction of sp³-hybridized carbons (Fsp3) is 0.292. The normalized spacial score (nSPS) is 13.6. The molecule has 0 atom stereocenters. The molecule has 2 aliphatic rings. The summed E-state index contributed by atoms with van der Waals surface area (Å²) in [4.78, 5) is 1.54. The van der Waals surface area contributed by atoms with E-state index in [2.05, 4.69) is 88.5 Å². The van der Waals surface area contributed by atoms with Crippen molar-refractivity contribution in [2.24, 2.45) is 5.41 Å². The Balaban J connectivity index is 0.00000131. The first kappa shape index (κ1) is 25.5. The second kappa shape index (κ2) is 9.52. The van der Waals surface area contributed by atoms with Gasteiger partial charge in [-0.3, -0.25) is 0 Å². The van der Waals surface area contributed by atoms with Crippen LogP contribution in [0.2, 0.25) is 13.1 Å². The number of hydrogen-bond donors (Lipinski definition) is 0. The summed E-state index contributed by atoms with van der Waals surface area (Å²) in [6.07, 6.45) is 9.62. The van der Waals surface area contributed by atoms with Crippen LogP contribution in [0.5, 0.6) is 0 Å². The first-order valence-electron chi connectivity index (χ1n) is 9.12. The molecule has 0 amide bonds. The molecule has 28 heavy (non-hydrogen) atoms. The second-order valence-corrected chi connectivity index (χ2v) is 10.9. The van der Waals surface area contributed by atoms with E-state index in [0.717, 1.165) is 6.42 Å². The van der Waals surface area contributed by atoms with E-state index in [0.29, 0.717) is 0 Å². The van der Waals surface area contributed by atoms with Crippen LogP contribution in [0.3, 0.4) is 0 Å². The molecule has 0 aliphatic heterocycles. The Bertz CT molecular complexity index is 1160. The molecule has 0 unspecified atom stereocenters. The van der Waals surface area contributed by atoms with Crippen LogP contribution >= 0.6 is 0 Å². The summed E-state index contributed by atoms with van der Waals surface area (Å²) in [6.45, 7) is 11.7. The van der Waals surface area contributed by atoms with Crippen molar-refractivity contribution in [1.82, 2.24) is 0 Å². The van der Waals surface area contributed by atoms with Crippen molar-refractivity contribution in [2.45, 2.75) is 40.3 Å². The van der Waals surface area contributed by atoms with Crippen LogP contribution in [0.25, 0.3) is 11.6 Å². The van der Waals surface area contributed by atoms with E-state index in [-0.39, 0.29) is 56.4 Å². The van der Waals surface area contributed by atoms with Crippen LogP contribution < -0.4 is 30.0 Å². The Hall–Kier alpha value is -0.530. The SMILES string of the molecule is C[Si](C)=c1ccc2c(c1C1=CC(C(C)(C)C)=CC1)[C-]=c1ccccc1=2.[Cl-].[Cl-].[Zr+3]. The van der Waals surface area contributed by atoms with Gasteiger partial charge in [0.1, 0.15) is 0 Å². The Labute approximate surface area is 201 Å². The average molecular weight is 504 g/mol. The quantitative estimate of drug-likeness (QED) is 0.306. The third-order valence-electron chi connectivity index (χ3n) is 5.28. The molecule has 2 aromatic carbocycles. The first-order valence-corrected chi connectivity index (χ1v) is 11.6. The maximum atomic E-state index is 3.72. The zero-order valence-corrected chi connectivity index (χ0v) is 22.1. The topological polar surface area (TPSA) is 0 Å². The van der Waals surface area contributed by atoms with Crippen molar-refractivity contribution >= 4 is 20.1 Å². The van der Waals surface area contributed by atoms with Crippen molar-refractivity contribution in [3.05, 3.63) is 85.7 Å². The summed E-state index contributed by atoms with van der Waals surface area (Å²) in [7, 11) is -0.542. The minimum atomic E-state index is -0.542. The summed E-state index contributed by atoms with van der Waals surface area (Å²) >= 11 is 0. The molecule has 2 aromatic rings. The summed E-state index contributed by atoms with van der Waals surface area (Å²) in [6, 6.07) is 13.3. The van der Waals surface area contributed by atoms with Crippen LogP contribution in [0.1, 0.15) is 38.3 Å². The van der Waals surface area contributed by atoms with Gasteiger partial charge in [0.2, 0.25) is 0 Å². The molecule has 4 heteroatoms. The predicted octanol–water partition coefficient (Wildman–Crippen LogP) is -0.655. The minimum absolute atomic E-state index is 0. The van der Waals surface area contributed by atoms with Gasteiger partial charge in [0.25, 0.3) is 0 Å². The molecule has 0 nitrogen and oxygen atoms in total. The fourth-order valence-corrected chi connectivity index (χ4v) is 5.09. The van der Waals surface area contributed by atoms with Gasteiger partial charge in [-0.05, 0) is 17.4 Å². The molecular formula is C24H25Cl2SiZr. The number of rotatable bonds is 1. The van der Waals surface area contributed by atoms with Gasteiger partial charge in [-0.1, -0.05) is 92.3 Å². The standard InChI is InChI=1S/C24H25Si.2ClH.Zr/c1-24(2,3)18-11-10-17(14-18)23-21-15-16-8-6-7-9-19(16)20(21)12-13-22(23)25(4)5;;;/h6-9,11-14H,10H2,1-5H3;2*1H;/q-1;;;+3/p-2. The molecule has 0 heterocycles. The predicted molar refractivity (Wildman–Crippen MR) is 109 cm³/mol. The molecule has 2 aliphatic carbocycles. The van der Waals surface area contributed by atoms with Crippen LogP contribution in [-0.4, -0.2) is 8.41 Å². The largest absolute Gasteiger partial charge is 3.00 e. The summed E-state index contributed by atoms with van der Waals surface area (Å²) in [5, 5.41) is 3.91. The van der Waals surface area contributed by atoms with Crippen molar-refractivity contribution in [1.29, 1.82) is 0 Å². The van der Waals surface area contributed by atoms with Gasteiger partial charge in [0.05, 0.1) is 0 Å². The number of fused-ring (bicyclic) bond motifs is 2. The maximum Gasteiger partial charge on any atom is 3.00 e. The van der Waals surface area contributed by atoms with Crippen molar-refractivity contribution in [2.75, 3.05) is 0 Å². The number of allylic oxidation sites excluding steroid dienone is 4. The Morgan fingerprint density at radius 1 is 0.929 bits per heavy atom. The van der Waals surface area contributed by atoms with E-state index in [4.69, 9.17) is 0 Å². The van der Waals surface area contributed by atoms with Gasteiger partial charge >= 0.3 is 26.2 Å². The molecule has 0 aromatic heterocycles. The summed E-state index contributed by atoms with van der Waals surface area (Å²) in [5.41, 5.74) is 5.93. The van der Waals surface area contributed by atoms with Gasteiger partial charge < -0.3 is 24.8 Å². The smallest absolute Gasteiger partial charge is 1.00 e. The second-order valence-electron chi connectivity index (χ2n) is 8.36. The van der Waals surface area contributed by atoms with Gasteiger partial charge in [0.15, 0.2) is 0 Å². The van der Waals surface area contributed by atoms with Gasteiger partial charge in [0, 0.05) is 8.41 Å². The Morgan fingerprint density at radius 2 is 1.61 bits per heavy atom. The average Bonchev–Trinajstić information content (AvgIpc) is 3.18. The van der Waals surface area contributed by atoms with Gasteiger partial charge in [-0.2, -0.15) is 0 Å². The van der Waals surface area contributed by atoms with Gasteiger partial charge in [-0.15, -0.1) is 33.4 Å². The molecule has 0 saturated carbocycles. The number of halogens is 2. The number of benzene rings is 2. The molecule has 1 radical (unpaired) electrons. The van der Waals surface area contributed by atoms with E-state index in [1.807, 2.05) is 0 Å². The third kappa shape index (κ3) is 4.46. The van der Waals surface area contributed by atoms with Crippen molar-refractivity contribution in [3.8, 4) is 0 Å². The molecule has 0 saturated heterocycles.